The summed E-state index contributed by atoms with van der Waals surface area (Å²) < 4.78 is 41.9. The first-order chi connectivity index (χ1) is 20.4. The topological polar surface area (TPSA) is 134 Å². The number of nitrogens with one attached hydrogen (secondary N) is 2. The highest BCUT2D eigenvalue weighted by molar-refractivity contribution is 6.03. The Morgan fingerprint density at radius 3 is 2.35 bits per heavy atom. The van der Waals surface area contributed by atoms with Gasteiger partial charge in [-0.1, -0.05) is 59.7 Å². The minimum absolute atomic E-state index is 0.0607. The lowest BCUT2D eigenvalue weighted by Crippen LogP contribution is -2.29. The second-order valence-electron chi connectivity index (χ2n) is 10.6. The van der Waals surface area contributed by atoms with Crippen LogP contribution in [0.3, 0.4) is 0 Å². The summed E-state index contributed by atoms with van der Waals surface area (Å²) in [6.45, 7) is 5.14. The van der Waals surface area contributed by atoms with Crippen molar-refractivity contribution in [3.63, 3.8) is 0 Å². The first-order valence-electron chi connectivity index (χ1n) is 13.1. The number of carbonyl (C=O) groups excluding carboxylic acids is 2. The molecule has 4 rings (SSSR count). The molecule has 0 aliphatic carbocycles. The van der Waals surface area contributed by atoms with Crippen molar-refractivity contribution in [2.24, 2.45) is 10.5 Å². The number of hydroxylamine groups is 1. The van der Waals surface area contributed by atoms with Crippen LogP contribution in [-0.4, -0.2) is 21.7 Å². The number of amides is 1. The monoisotopic (exact) mass is 591 g/mol. The van der Waals surface area contributed by atoms with Crippen LogP contribution >= 0.6 is 0 Å². The summed E-state index contributed by atoms with van der Waals surface area (Å²) in [5.41, 5.74) is 11.6. The summed E-state index contributed by atoms with van der Waals surface area (Å²) in [5.74, 6) is -1.33. The smallest absolute Gasteiger partial charge is 0.370 e. The van der Waals surface area contributed by atoms with Gasteiger partial charge in [-0.15, -0.1) is 5.48 Å². The first kappa shape index (κ1) is 30.8. The van der Waals surface area contributed by atoms with E-state index in [2.05, 4.69) is 25.9 Å². The van der Waals surface area contributed by atoms with Crippen LogP contribution in [0.4, 0.5) is 18.9 Å². The third-order valence-corrected chi connectivity index (χ3v) is 6.18. The fourth-order valence-corrected chi connectivity index (χ4v) is 4.01. The number of halogens is 3. The maximum Gasteiger partial charge on any atom is 0.435 e. The maximum absolute atomic E-state index is 13.7. The number of nitrogens with zero attached hydrogens (tertiary/aromatic N) is 5. The van der Waals surface area contributed by atoms with E-state index in [9.17, 15) is 22.8 Å². The van der Waals surface area contributed by atoms with E-state index < -0.39 is 35.2 Å². The van der Waals surface area contributed by atoms with Crippen LogP contribution in [0.5, 0.6) is 0 Å². The van der Waals surface area contributed by atoms with E-state index in [1.54, 1.807) is 81.4 Å². The molecule has 0 radical (unpaired) electrons. The Morgan fingerprint density at radius 2 is 1.67 bits per heavy atom. The second-order valence-corrected chi connectivity index (χ2v) is 10.6. The Balaban J connectivity index is 1.61. The first-order valence-corrected chi connectivity index (χ1v) is 13.1. The lowest BCUT2D eigenvalue weighted by Gasteiger charge is -2.16. The third kappa shape index (κ3) is 7.79. The summed E-state index contributed by atoms with van der Waals surface area (Å²) in [7, 11) is 0. The number of hydrogen-bond acceptors (Lipinski definition) is 6. The van der Waals surface area contributed by atoms with Gasteiger partial charge in [0.1, 0.15) is 5.69 Å². The molecular weight excluding hydrogens is 563 g/mol. The molecule has 0 saturated carbocycles. The lowest BCUT2D eigenvalue weighted by atomic mass is 9.98. The normalized spacial score (nSPS) is 12.2. The number of alkyl halides is 3. The predicted octanol–water partition coefficient (Wildman–Crippen LogP) is 7.14. The van der Waals surface area contributed by atoms with E-state index in [1.807, 2.05) is 6.07 Å². The molecule has 0 aliphatic heterocycles. The molecule has 13 heteroatoms. The van der Waals surface area contributed by atoms with Gasteiger partial charge in [-0.3, -0.25) is 4.79 Å². The number of aromatic nitrogens is 2. The minimum atomic E-state index is -4.81. The van der Waals surface area contributed by atoms with E-state index in [0.717, 1.165) is 10.2 Å². The number of carbonyl (C=O) groups is 2. The summed E-state index contributed by atoms with van der Waals surface area (Å²) >= 11 is 0. The number of hydrogen-bond donors (Lipinski definition) is 2. The summed E-state index contributed by atoms with van der Waals surface area (Å²) in [6.07, 6.45) is -4.81. The van der Waals surface area contributed by atoms with E-state index in [0.29, 0.717) is 17.2 Å². The quantitative estimate of drug-likeness (QED) is 0.0924. The Kier molecular flexibility index (Phi) is 9.18. The van der Waals surface area contributed by atoms with Crippen LogP contribution in [-0.2, 0) is 22.4 Å². The summed E-state index contributed by atoms with van der Waals surface area (Å²) in [6, 6.07) is 21.7. The molecule has 2 N–H and O–H groups in total. The molecule has 0 spiro atoms. The maximum atomic E-state index is 13.7. The molecule has 1 atom stereocenters. The number of benzene rings is 3. The van der Waals surface area contributed by atoms with Crippen molar-refractivity contribution in [1.82, 2.24) is 15.3 Å². The van der Waals surface area contributed by atoms with Gasteiger partial charge in [0.05, 0.1) is 23.7 Å². The van der Waals surface area contributed by atoms with E-state index in [1.165, 1.54) is 12.1 Å². The van der Waals surface area contributed by atoms with Crippen molar-refractivity contribution in [1.29, 1.82) is 0 Å². The van der Waals surface area contributed by atoms with Crippen molar-refractivity contribution in [3.8, 4) is 5.69 Å². The highest BCUT2D eigenvalue weighted by Gasteiger charge is 2.36. The molecule has 222 valence electrons. The third-order valence-electron chi connectivity index (χ3n) is 6.18. The standard InChI is InChI=1S/C30H28F3N7O3/c1-29(2,3)28(42)43-35-18-19-9-7-14-23(15-19)40-24(17-25(38-40)30(31,32)33)27(41)36-22-13-8-12-21(16-22)26(37-39-34)20-10-5-4-6-11-20/h4-17,26,35H,18H2,1-3H3,(H,36,41). The van der Waals surface area contributed by atoms with Crippen LogP contribution < -0.4 is 10.8 Å². The molecular formula is C30H28F3N7O3. The summed E-state index contributed by atoms with van der Waals surface area (Å²) in [5, 5.41) is 10.2. The molecule has 0 bridgehead atoms. The number of rotatable bonds is 9. The van der Waals surface area contributed by atoms with E-state index >= 15 is 0 Å². The van der Waals surface area contributed by atoms with Gasteiger partial charge >= 0.3 is 12.1 Å². The number of azide groups is 1. The molecule has 4 aromatic rings. The van der Waals surface area contributed by atoms with Crippen LogP contribution in [0.15, 0.2) is 90.0 Å². The number of anilines is 1. The molecule has 1 aromatic heterocycles. The second kappa shape index (κ2) is 12.8. The predicted molar refractivity (Wildman–Crippen MR) is 153 cm³/mol. The molecule has 0 fully saturated rings. The van der Waals surface area contributed by atoms with Crippen molar-refractivity contribution in [2.75, 3.05) is 5.32 Å². The molecule has 1 heterocycles. The molecule has 43 heavy (non-hydrogen) atoms. The Morgan fingerprint density at radius 1 is 0.977 bits per heavy atom. The molecule has 0 aliphatic rings. The van der Waals surface area contributed by atoms with Gasteiger partial charge in [-0.05, 0) is 67.3 Å². The largest absolute Gasteiger partial charge is 0.435 e. The Labute approximate surface area is 245 Å². The molecule has 0 saturated heterocycles. The zero-order valence-electron chi connectivity index (χ0n) is 23.5. The molecule has 3 aromatic carbocycles. The average Bonchev–Trinajstić information content (AvgIpc) is 3.43. The molecule has 1 unspecified atom stereocenters. The van der Waals surface area contributed by atoms with E-state index in [4.69, 9.17) is 10.4 Å². The minimum Gasteiger partial charge on any atom is -0.370 e. The van der Waals surface area contributed by atoms with Crippen LogP contribution in [0.1, 0.15) is 59.7 Å². The van der Waals surface area contributed by atoms with Gasteiger partial charge in [-0.25, -0.2) is 9.48 Å². The van der Waals surface area contributed by atoms with Gasteiger partial charge < -0.3 is 10.2 Å². The van der Waals surface area contributed by atoms with Crippen molar-refractivity contribution in [3.05, 3.63) is 123 Å². The van der Waals surface area contributed by atoms with Gasteiger partial charge in [0.2, 0.25) is 0 Å². The SMILES string of the molecule is CC(C)(C)C(=O)ONCc1cccc(-n2nc(C(F)(F)F)cc2C(=O)Nc2cccc(C(N=[N+]=[N-])c3ccccc3)c2)c1. The molecule has 10 nitrogen and oxygen atoms in total. The van der Waals surface area contributed by atoms with Gasteiger partial charge in [0, 0.05) is 16.7 Å². The fraction of sp³-hybridized carbons (Fsp3) is 0.233. The van der Waals surface area contributed by atoms with Crippen LogP contribution in [0.25, 0.3) is 16.1 Å². The van der Waals surface area contributed by atoms with Crippen molar-refractivity contribution in [2.45, 2.75) is 39.5 Å². The highest BCUT2D eigenvalue weighted by atomic mass is 19.4. The lowest BCUT2D eigenvalue weighted by molar-refractivity contribution is -0.161. The van der Waals surface area contributed by atoms with Crippen molar-refractivity contribution >= 4 is 17.6 Å². The Bertz CT molecular complexity index is 1660. The highest BCUT2D eigenvalue weighted by Crippen LogP contribution is 2.31. The average molecular weight is 592 g/mol. The van der Waals surface area contributed by atoms with Crippen LogP contribution in [0.2, 0.25) is 0 Å². The zero-order chi connectivity index (χ0) is 31.2. The van der Waals surface area contributed by atoms with Gasteiger partial charge in [0.15, 0.2) is 5.69 Å². The summed E-state index contributed by atoms with van der Waals surface area (Å²) in [4.78, 5) is 33.3. The molecule has 1 amide bonds. The van der Waals surface area contributed by atoms with E-state index in [-0.39, 0.29) is 23.6 Å². The zero-order valence-corrected chi connectivity index (χ0v) is 23.5. The fourth-order valence-electron chi connectivity index (χ4n) is 4.01. The van der Waals surface area contributed by atoms with Gasteiger partial charge in [0.25, 0.3) is 5.91 Å². The van der Waals surface area contributed by atoms with Gasteiger partial charge in [-0.2, -0.15) is 18.3 Å². The Hall–Kier alpha value is -5.13. The van der Waals surface area contributed by atoms with Crippen molar-refractivity contribution < 1.29 is 27.6 Å². The van der Waals surface area contributed by atoms with Crippen LogP contribution in [0, 0.1) is 5.41 Å².